The van der Waals surface area contributed by atoms with Crippen LogP contribution in [0.3, 0.4) is 0 Å². The van der Waals surface area contributed by atoms with E-state index in [0.717, 1.165) is 17.5 Å². The molecular formula is C14H21FN2. The Bertz CT molecular complexity index is 372. The molecule has 1 fully saturated rings. The molecule has 1 aromatic rings. The quantitative estimate of drug-likeness (QED) is 0.623. The molecule has 2 nitrogen and oxygen atoms in total. The number of rotatable bonds is 4. The lowest BCUT2D eigenvalue weighted by Gasteiger charge is -2.23. The highest BCUT2D eigenvalue weighted by atomic mass is 19.1. The number of hydrazine groups is 1. The predicted octanol–water partition coefficient (Wildman–Crippen LogP) is 2.70. The second kappa shape index (κ2) is 5.61. The number of hydrogen-bond donors (Lipinski definition) is 2. The van der Waals surface area contributed by atoms with Crippen molar-refractivity contribution in [1.29, 1.82) is 0 Å². The van der Waals surface area contributed by atoms with E-state index in [4.69, 9.17) is 5.84 Å². The lowest BCUT2D eigenvalue weighted by atomic mass is 9.91. The Balaban J connectivity index is 2.09. The Labute approximate surface area is 102 Å². The molecule has 1 unspecified atom stereocenters. The Kier molecular flexibility index (Phi) is 4.13. The Morgan fingerprint density at radius 3 is 2.76 bits per heavy atom. The number of benzene rings is 1. The summed E-state index contributed by atoms with van der Waals surface area (Å²) in [6.45, 7) is 2.02. The fourth-order valence-corrected chi connectivity index (χ4v) is 2.82. The molecule has 1 aromatic carbocycles. The van der Waals surface area contributed by atoms with Crippen molar-refractivity contribution < 1.29 is 4.39 Å². The Morgan fingerprint density at radius 2 is 2.12 bits per heavy atom. The lowest BCUT2D eigenvalue weighted by molar-refractivity contribution is 0.360. The molecule has 0 aromatic heterocycles. The molecule has 3 N–H and O–H groups in total. The van der Waals surface area contributed by atoms with Gasteiger partial charge in [-0.1, -0.05) is 18.9 Å². The summed E-state index contributed by atoms with van der Waals surface area (Å²) in [5.41, 5.74) is 5.13. The maximum Gasteiger partial charge on any atom is 0.123 e. The van der Waals surface area contributed by atoms with Crippen LogP contribution in [-0.2, 0) is 6.42 Å². The first-order valence-electron chi connectivity index (χ1n) is 6.42. The van der Waals surface area contributed by atoms with E-state index in [-0.39, 0.29) is 11.9 Å². The van der Waals surface area contributed by atoms with Gasteiger partial charge in [0.2, 0.25) is 0 Å². The van der Waals surface area contributed by atoms with Crippen LogP contribution in [0.2, 0.25) is 0 Å². The number of nitrogens with one attached hydrogen (secondary N) is 1. The van der Waals surface area contributed by atoms with Crippen molar-refractivity contribution in [2.45, 2.75) is 45.1 Å². The zero-order valence-electron chi connectivity index (χ0n) is 10.4. The number of hydrogen-bond acceptors (Lipinski definition) is 2. The predicted molar refractivity (Wildman–Crippen MR) is 67.9 cm³/mol. The summed E-state index contributed by atoms with van der Waals surface area (Å²) < 4.78 is 13.2. The van der Waals surface area contributed by atoms with Crippen molar-refractivity contribution >= 4 is 0 Å². The van der Waals surface area contributed by atoms with Gasteiger partial charge in [0, 0.05) is 6.04 Å². The third-order valence-electron chi connectivity index (χ3n) is 3.93. The SMILES string of the molecule is Cc1ccc(F)cc1CC(NN)C1CCCC1. The van der Waals surface area contributed by atoms with E-state index in [1.54, 1.807) is 6.07 Å². The van der Waals surface area contributed by atoms with Gasteiger partial charge in [-0.15, -0.1) is 0 Å². The van der Waals surface area contributed by atoms with Gasteiger partial charge in [-0.25, -0.2) is 4.39 Å². The summed E-state index contributed by atoms with van der Waals surface area (Å²) in [6.07, 6.45) is 5.90. The molecule has 1 aliphatic rings. The molecule has 0 aliphatic heterocycles. The van der Waals surface area contributed by atoms with E-state index in [1.165, 1.54) is 31.7 Å². The van der Waals surface area contributed by atoms with E-state index in [9.17, 15) is 4.39 Å². The van der Waals surface area contributed by atoms with Crippen molar-refractivity contribution in [3.63, 3.8) is 0 Å². The lowest BCUT2D eigenvalue weighted by Crippen LogP contribution is -2.41. The summed E-state index contributed by atoms with van der Waals surface area (Å²) in [4.78, 5) is 0. The zero-order chi connectivity index (χ0) is 12.3. The maximum absolute atomic E-state index is 13.2. The number of nitrogens with two attached hydrogens (primary N) is 1. The van der Waals surface area contributed by atoms with Crippen LogP contribution in [0.5, 0.6) is 0 Å². The molecule has 94 valence electrons. The fraction of sp³-hybridized carbons (Fsp3) is 0.571. The standard InChI is InChI=1S/C14H21FN2/c1-10-6-7-13(15)8-12(10)9-14(17-16)11-4-2-3-5-11/h6-8,11,14,17H,2-5,9,16H2,1H3. The molecule has 1 atom stereocenters. The molecule has 0 spiro atoms. The van der Waals surface area contributed by atoms with Gasteiger partial charge in [0.15, 0.2) is 0 Å². The Morgan fingerprint density at radius 1 is 1.41 bits per heavy atom. The second-order valence-electron chi connectivity index (χ2n) is 5.09. The van der Waals surface area contributed by atoms with Gasteiger partial charge in [-0.05, 0) is 55.4 Å². The molecular weight excluding hydrogens is 215 g/mol. The summed E-state index contributed by atoms with van der Waals surface area (Å²) in [5.74, 6) is 6.13. The summed E-state index contributed by atoms with van der Waals surface area (Å²) in [5, 5.41) is 0. The first kappa shape index (κ1) is 12.5. The molecule has 0 saturated heterocycles. The van der Waals surface area contributed by atoms with Crippen LogP contribution >= 0.6 is 0 Å². The normalized spacial score (nSPS) is 18.5. The van der Waals surface area contributed by atoms with Gasteiger partial charge >= 0.3 is 0 Å². The van der Waals surface area contributed by atoms with Gasteiger partial charge in [0.25, 0.3) is 0 Å². The van der Waals surface area contributed by atoms with Crippen molar-refractivity contribution in [2.24, 2.45) is 11.8 Å². The molecule has 0 radical (unpaired) electrons. The molecule has 0 heterocycles. The number of halogens is 1. The van der Waals surface area contributed by atoms with Crippen LogP contribution in [0, 0.1) is 18.7 Å². The highest BCUT2D eigenvalue weighted by Gasteiger charge is 2.24. The van der Waals surface area contributed by atoms with Crippen molar-refractivity contribution in [2.75, 3.05) is 0 Å². The van der Waals surface area contributed by atoms with E-state index >= 15 is 0 Å². The van der Waals surface area contributed by atoms with E-state index < -0.39 is 0 Å². The third-order valence-corrected chi connectivity index (χ3v) is 3.93. The van der Waals surface area contributed by atoms with Crippen molar-refractivity contribution in [1.82, 2.24) is 5.43 Å². The summed E-state index contributed by atoms with van der Waals surface area (Å²) in [6, 6.07) is 5.26. The minimum Gasteiger partial charge on any atom is -0.271 e. The van der Waals surface area contributed by atoms with E-state index in [0.29, 0.717) is 5.92 Å². The van der Waals surface area contributed by atoms with Crippen LogP contribution in [0.25, 0.3) is 0 Å². The molecule has 0 amide bonds. The van der Waals surface area contributed by atoms with Crippen molar-refractivity contribution in [3.05, 3.63) is 35.1 Å². The summed E-state index contributed by atoms with van der Waals surface area (Å²) >= 11 is 0. The van der Waals surface area contributed by atoms with Gasteiger partial charge in [-0.2, -0.15) is 0 Å². The zero-order valence-corrected chi connectivity index (χ0v) is 10.4. The monoisotopic (exact) mass is 236 g/mol. The number of aryl methyl sites for hydroxylation is 1. The average molecular weight is 236 g/mol. The second-order valence-corrected chi connectivity index (χ2v) is 5.09. The van der Waals surface area contributed by atoms with Gasteiger partial charge in [-0.3, -0.25) is 11.3 Å². The largest absolute Gasteiger partial charge is 0.271 e. The minimum atomic E-state index is -0.159. The topological polar surface area (TPSA) is 38.0 Å². The minimum absolute atomic E-state index is 0.159. The first-order valence-corrected chi connectivity index (χ1v) is 6.42. The molecule has 2 rings (SSSR count). The Hall–Kier alpha value is -0.930. The first-order chi connectivity index (χ1) is 8.20. The maximum atomic E-state index is 13.2. The third kappa shape index (κ3) is 3.05. The van der Waals surface area contributed by atoms with Crippen LogP contribution in [0.15, 0.2) is 18.2 Å². The summed E-state index contributed by atoms with van der Waals surface area (Å²) in [7, 11) is 0. The van der Waals surface area contributed by atoms with E-state index in [1.807, 2.05) is 13.0 Å². The highest BCUT2D eigenvalue weighted by molar-refractivity contribution is 5.27. The molecule has 1 saturated carbocycles. The smallest absolute Gasteiger partial charge is 0.123 e. The fourth-order valence-electron chi connectivity index (χ4n) is 2.82. The van der Waals surface area contributed by atoms with Gasteiger partial charge in [0.1, 0.15) is 5.82 Å². The van der Waals surface area contributed by atoms with Crippen LogP contribution in [-0.4, -0.2) is 6.04 Å². The molecule has 17 heavy (non-hydrogen) atoms. The average Bonchev–Trinajstić information content (AvgIpc) is 2.84. The van der Waals surface area contributed by atoms with Gasteiger partial charge < -0.3 is 0 Å². The van der Waals surface area contributed by atoms with Crippen molar-refractivity contribution in [3.8, 4) is 0 Å². The molecule has 1 aliphatic carbocycles. The molecule has 3 heteroatoms. The highest BCUT2D eigenvalue weighted by Crippen LogP contribution is 2.29. The molecule has 0 bridgehead atoms. The van der Waals surface area contributed by atoms with Crippen LogP contribution in [0.1, 0.15) is 36.8 Å². The van der Waals surface area contributed by atoms with Crippen LogP contribution < -0.4 is 11.3 Å². The van der Waals surface area contributed by atoms with Crippen LogP contribution in [0.4, 0.5) is 4.39 Å². The van der Waals surface area contributed by atoms with E-state index in [2.05, 4.69) is 5.43 Å². The van der Waals surface area contributed by atoms with Gasteiger partial charge in [0.05, 0.1) is 0 Å².